The summed E-state index contributed by atoms with van der Waals surface area (Å²) in [7, 11) is 1.63. The molecular weight excluding hydrogens is 445 g/mol. The summed E-state index contributed by atoms with van der Waals surface area (Å²) in [6.07, 6.45) is 3.80. The number of Topliss-reactive ketones (excluding diaryl/α,β-unsaturated/α-hetero) is 2. The fourth-order valence-electron chi connectivity index (χ4n) is 3.46. The maximum Gasteiger partial charge on any atom is 0.219 e. The van der Waals surface area contributed by atoms with Crippen molar-refractivity contribution in [2.75, 3.05) is 7.05 Å². The van der Waals surface area contributed by atoms with Gasteiger partial charge in [-0.2, -0.15) is 0 Å². The van der Waals surface area contributed by atoms with E-state index in [-0.39, 0.29) is 29.3 Å². The third-order valence-corrected chi connectivity index (χ3v) is 5.76. The molecule has 2 aromatic rings. The summed E-state index contributed by atoms with van der Waals surface area (Å²) in [5.74, 6) is 0.275. The van der Waals surface area contributed by atoms with Crippen LogP contribution in [-0.4, -0.2) is 24.5 Å². The lowest BCUT2D eigenvalue weighted by Crippen LogP contribution is -2.15. The van der Waals surface area contributed by atoms with Gasteiger partial charge in [0.25, 0.3) is 0 Å². The van der Waals surface area contributed by atoms with E-state index >= 15 is 0 Å². The molecule has 1 amide bonds. The Hall–Kier alpha value is -2.17. The van der Waals surface area contributed by atoms with Gasteiger partial charge in [-0.05, 0) is 48.7 Å². The molecule has 1 saturated carbocycles. The quantitative estimate of drug-likeness (QED) is 0.539. The maximum absolute atomic E-state index is 11.5. The number of carbonyl (C=O) groups excluding carboxylic acids is 3. The van der Waals surface area contributed by atoms with Crippen LogP contribution < -0.4 is 5.32 Å². The van der Waals surface area contributed by atoms with Gasteiger partial charge in [0.1, 0.15) is 11.6 Å². The normalized spacial score (nSPS) is 16.9. The second-order valence-electron chi connectivity index (χ2n) is 7.73. The van der Waals surface area contributed by atoms with Crippen LogP contribution in [0.3, 0.4) is 0 Å². The minimum absolute atomic E-state index is 0.0438. The molecular formula is C26H33Cl2NO3. The topological polar surface area (TPSA) is 63.2 Å². The molecule has 1 fully saturated rings. The molecule has 4 nitrogen and oxygen atoms in total. The molecule has 0 aromatic heterocycles. The average Bonchev–Trinajstić information content (AvgIpc) is 3.18. The van der Waals surface area contributed by atoms with Crippen LogP contribution >= 0.6 is 23.2 Å². The van der Waals surface area contributed by atoms with Gasteiger partial charge < -0.3 is 5.32 Å². The first-order valence-corrected chi connectivity index (χ1v) is 11.7. The first kappa shape index (κ1) is 27.9. The highest BCUT2D eigenvalue weighted by Gasteiger charge is 2.36. The van der Waals surface area contributed by atoms with Crippen molar-refractivity contribution in [2.24, 2.45) is 5.92 Å². The molecule has 1 unspecified atom stereocenters. The van der Waals surface area contributed by atoms with E-state index < -0.39 is 0 Å². The zero-order valence-corrected chi connectivity index (χ0v) is 20.8. The van der Waals surface area contributed by atoms with Crippen LogP contribution in [0.5, 0.6) is 0 Å². The highest BCUT2D eigenvalue weighted by Crippen LogP contribution is 2.38. The fourth-order valence-corrected chi connectivity index (χ4v) is 3.71. The highest BCUT2D eigenvalue weighted by molar-refractivity contribution is 6.30. The van der Waals surface area contributed by atoms with Gasteiger partial charge in [-0.3, -0.25) is 14.4 Å². The van der Waals surface area contributed by atoms with Crippen molar-refractivity contribution < 1.29 is 14.4 Å². The molecule has 174 valence electrons. The van der Waals surface area contributed by atoms with Gasteiger partial charge in [0.2, 0.25) is 5.91 Å². The van der Waals surface area contributed by atoms with Crippen LogP contribution in [0.4, 0.5) is 0 Å². The Morgan fingerprint density at radius 1 is 0.938 bits per heavy atom. The predicted molar refractivity (Wildman–Crippen MR) is 132 cm³/mol. The smallest absolute Gasteiger partial charge is 0.219 e. The van der Waals surface area contributed by atoms with Crippen LogP contribution in [0.2, 0.25) is 10.0 Å². The summed E-state index contributed by atoms with van der Waals surface area (Å²) in [5, 5.41) is 3.97. The predicted octanol–water partition coefficient (Wildman–Crippen LogP) is 6.43. The highest BCUT2D eigenvalue weighted by atomic mass is 35.5. The van der Waals surface area contributed by atoms with Crippen molar-refractivity contribution in [3.05, 3.63) is 69.7 Å². The lowest BCUT2D eigenvalue weighted by Gasteiger charge is -2.16. The van der Waals surface area contributed by atoms with Gasteiger partial charge in [-0.15, -0.1) is 0 Å². The van der Waals surface area contributed by atoms with Crippen molar-refractivity contribution in [1.29, 1.82) is 0 Å². The summed E-state index contributed by atoms with van der Waals surface area (Å²) < 4.78 is 0. The Kier molecular flexibility index (Phi) is 12.9. The number of nitrogens with one attached hydrogen (secondary N) is 1. The zero-order valence-electron chi connectivity index (χ0n) is 19.3. The van der Waals surface area contributed by atoms with Crippen molar-refractivity contribution in [3.63, 3.8) is 0 Å². The van der Waals surface area contributed by atoms with Crippen molar-refractivity contribution in [3.8, 4) is 0 Å². The average molecular weight is 478 g/mol. The third-order valence-electron chi connectivity index (χ3n) is 5.25. The van der Waals surface area contributed by atoms with Gasteiger partial charge in [-0.1, -0.05) is 67.7 Å². The van der Waals surface area contributed by atoms with Crippen LogP contribution in [0.15, 0.2) is 48.5 Å². The van der Waals surface area contributed by atoms with Gasteiger partial charge in [0, 0.05) is 48.2 Å². The van der Waals surface area contributed by atoms with E-state index in [1.54, 1.807) is 26.1 Å². The minimum atomic E-state index is -0.145. The summed E-state index contributed by atoms with van der Waals surface area (Å²) in [6, 6.07) is 15.4. The number of rotatable bonds is 5. The van der Waals surface area contributed by atoms with Crippen LogP contribution in [0, 0.1) is 5.92 Å². The second kappa shape index (κ2) is 14.8. The summed E-state index contributed by atoms with van der Waals surface area (Å²) in [4.78, 5) is 33.0. The molecule has 1 aliphatic carbocycles. The van der Waals surface area contributed by atoms with E-state index in [0.717, 1.165) is 17.0 Å². The van der Waals surface area contributed by atoms with Crippen molar-refractivity contribution in [2.45, 2.75) is 58.8 Å². The minimum Gasteiger partial charge on any atom is -0.359 e. The Balaban J connectivity index is 0.000000273. The number of carbonyl (C=O) groups is 3. The monoisotopic (exact) mass is 477 g/mol. The molecule has 32 heavy (non-hydrogen) atoms. The number of hydrogen-bond acceptors (Lipinski definition) is 3. The molecule has 0 saturated heterocycles. The molecule has 6 heteroatoms. The van der Waals surface area contributed by atoms with Gasteiger partial charge in [0.05, 0.1) is 0 Å². The number of aryl methyl sites for hydroxylation is 1. The van der Waals surface area contributed by atoms with E-state index in [4.69, 9.17) is 23.2 Å². The lowest BCUT2D eigenvalue weighted by atomic mass is 9.87. The number of halogens is 2. The lowest BCUT2D eigenvalue weighted by molar-refractivity contribution is -0.123. The second-order valence-corrected chi connectivity index (χ2v) is 8.60. The first-order chi connectivity index (χ1) is 15.2. The first-order valence-electron chi connectivity index (χ1n) is 10.9. The molecule has 2 aromatic carbocycles. The summed E-state index contributed by atoms with van der Waals surface area (Å²) >= 11 is 11.5. The summed E-state index contributed by atoms with van der Waals surface area (Å²) in [6.45, 7) is 5.56. The molecule has 0 bridgehead atoms. The van der Waals surface area contributed by atoms with Crippen LogP contribution in [-0.2, 0) is 20.8 Å². The maximum atomic E-state index is 11.5. The molecule has 2 atom stereocenters. The van der Waals surface area contributed by atoms with Crippen molar-refractivity contribution in [1.82, 2.24) is 5.32 Å². The Labute approximate surface area is 201 Å². The van der Waals surface area contributed by atoms with E-state index in [1.807, 2.05) is 31.2 Å². The Bertz CT molecular complexity index is 858. The molecule has 0 heterocycles. The van der Waals surface area contributed by atoms with Gasteiger partial charge in [-0.25, -0.2) is 0 Å². The standard InChI is InChI=1S/C13H13ClO2.C9H11Cl.C4H9NO/c1-8(15)12-6-11(16)7-13(12)9-2-4-10(14)5-3-9;1-2-3-8-4-6-9(10)7-5-8;1-3-4(6)5-2/h2-5,12-13H,6-7H2,1H3;4-7H,2-3H2,1H3;3H2,1-2H3,(H,5,6)/t12-,13?;;/m1../s1. The summed E-state index contributed by atoms with van der Waals surface area (Å²) in [5.41, 5.74) is 2.40. The Morgan fingerprint density at radius 3 is 1.88 bits per heavy atom. The fraction of sp³-hybridized carbons (Fsp3) is 0.423. The number of amides is 1. The molecule has 3 rings (SSSR count). The number of hydrogen-bond donors (Lipinski definition) is 1. The molecule has 0 spiro atoms. The Morgan fingerprint density at radius 2 is 1.47 bits per heavy atom. The van der Waals surface area contributed by atoms with E-state index in [0.29, 0.717) is 24.3 Å². The molecule has 0 aliphatic heterocycles. The SMILES string of the molecule is CC(=O)[C@H]1CC(=O)CC1c1ccc(Cl)cc1.CCC(=O)NC.CCCc1ccc(Cl)cc1. The largest absolute Gasteiger partial charge is 0.359 e. The van der Waals surface area contributed by atoms with E-state index in [2.05, 4.69) is 24.4 Å². The van der Waals surface area contributed by atoms with Crippen LogP contribution in [0.1, 0.15) is 63.5 Å². The van der Waals surface area contributed by atoms with E-state index in [9.17, 15) is 14.4 Å². The number of ketones is 2. The zero-order chi connectivity index (χ0) is 24.1. The molecule has 1 aliphatic rings. The van der Waals surface area contributed by atoms with Crippen LogP contribution in [0.25, 0.3) is 0 Å². The molecule has 1 N–H and O–H groups in total. The molecule has 0 radical (unpaired) electrons. The number of benzene rings is 2. The van der Waals surface area contributed by atoms with E-state index in [1.165, 1.54) is 12.0 Å². The van der Waals surface area contributed by atoms with Crippen molar-refractivity contribution >= 4 is 40.7 Å². The van der Waals surface area contributed by atoms with Gasteiger partial charge in [0.15, 0.2) is 0 Å². The third kappa shape index (κ3) is 9.97. The van der Waals surface area contributed by atoms with Gasteiger partial charge >= 0.3 is 0 Å².